The van der Waals surface area contributed by atoms with Crippen LogP contribution < -0.4 is 21.3 Å². The lowest BCUT2D eigenvalue weighted by Crippen LogP contribution is -2.28. The van der Waals surface area contributed by atoms with Crippen molar-refractivity contribution in [3.05, 3.63) is 66.2 Å². The zero-order valence-corrected chi connectivity index (χ0v) is 13.0. The molecule has 4 N–H and O–H groups in total. The second kappa shape index (κ2) is 7.43. The monoisotopic (exact) mass is 322 g/mol. The molecule has 0 aliphatic heterocycles. The molecular weight excluding hydrogens is 304 g/mol. The number of nitrogens with one attached hydrogen (secondary N) is 2. The summed E-state index contributed by atoms with van der Waals surface area (Å²) in [5.41, 5.74) is 4.20. The molecule has 6 heteroatoms. The number of nitrogen functional groups attached to an aromatic ring is 1. The summed E-state index contributed by atoms with van der Waals surface area (Å²) in [6, 6.07) is 18.9. The molecule has 6 nitrogen and oxygen atoms in total. The van der Waals surface area contributed by atoms with Crippen molar-refractivity contribution in [2.45, 2.75) is 6.54 Å². The highest BCUT2D eigenvalue weighted by Gasteiger charge is 2.08. The van der Waals surface area contributed by atoms with E-state index in [2.05, 4.69) is 15.7 Å². The smallest absolute Gasteiger partial charge is 0.258 e. The Kier molecular flexibility index (Phi) is 4.88. The van der Waals surface area contributed by atoms with Gasteiger partial charge in [-0.2, -0.15) is 0 Å². The van der Waals surface area contributed by atoms with Crippen LogP contribution in [0.15, 0.2) is 60.7 Å². The maximum Gasteiger partial charge on any atom is 0.258 e. The van der Waals surface area contributed by atoms with Gasteiger partial charge < -0.3 is 15.5 Å². The van der Waals surface area contributed by atoms with Crippen LogP contribution in [0.1, 0.15) is 5.56 Å². The van der Waals surface area contributed by atoms with Crippen LogP contribution in [0.25, 0.3) is 10.9 Å². The molecule has 2 aromatic carbocycles. The van der Waals surface area contributed by atoms with Crippen LogP contribution in [0.5, 0.6) is 5.75 Å². The predicted molar refractivity (Wildman–Crippen MR) is 93.3 cm³/mol. The first kappa shape index (κ1) is 15.8. The number of hydrazine groups is 1. The number of carbonyl (C=O) groups is 1. The van der Waals surface area contributed by atoms with Crippen molar-refractivity contribution in [3.63, 3.8) is 0 Å². The van der Waals surface area contributed by atoms with E-state index in [4.69, 9.17) is 10.6 Å². The van der Waals surface area contributed by atoms with E-state index in [0.717, 1.165) is 10.9 Å². The van der Waals surface area contributed by atoms with Gasteiger partial charge in [0.25, 0.3) is 5.91 Å². The number of anilines is 1. The number of benzene rings is 2. The Labute approximate surface area is 139 Å². The molecule has 1 amide bonds. The van der Waals surface area contributed by atoms with Crippen molar-refractivity contribution in [2.24, 2.45) is 5.84 Å². The van der Waals surface area contributed by atoms with Crippen molar-refractivity contribution in [2.75, 3.05) is 12.0 Å². The minimum atomic E-state index is -0.191. The van der Waals surface area contributed by atoms with Gasteiger partial charge in [0.05, 0.1) is 0 Å². The largest absolute Gasteiger partial charge is 0.481 e. The Hall–Kier alpha value is -3.12. The number of hydrogen-bond donors (Lipinski definition) is 3. The lowest BCUT2D eigenvalue weighted by Gasteiger charge is -2.10. The molecule has 3 rings (SSSR count). The van der Waals surface area contributed by atoms with Gasteiger partial charge >= 0.3 is 0 Å². The summed E-state index contributed by atoms with van der Waals surface area (Å²) in [4.78, 5) is 16.3. The average molecular weight is 322 g/mol. The number of carbonyl (C=O) groups excluding carboxylic acids is 1. The van der Waals surface area contributed by atoms with E-state index in [1.165, 1.54) is 0 Å². The molecule has 0 radical (unpaired) electrons. The van der Waals surface area contributed by atoms with Gasteiger partial charge in [-0.15, -0.1) is 0 Å². The van der Waals surface area contributed by atoms with Crippen LogP contribution >= 0.6 is 0 Å². The third kappa shape index (κ3) is 3.80. The van der Waals surface area contributed by atoms with E-state index in [9.17, 15) is 4.79 Å². The number of nitrogens with two attached hydrogens (primary N) is 1. The number of hydrogen-bond acceptors (Lipinski definition) is 5. The van der Waals surface area contributed by atoms with Crippen molar-refractivity contribution < 1.29 is 9.53 Å². The quantitative estimate of drug-likeness (QED) is 0.478. The molecule has 0 fully saturated rings. The molecule has 0 saturated heterocycles. The summed E-state index contributed by atoms with van der Waals surface area (Å²) >= 11 is 0. The fourth-order valence-electron chi connectivity index (χ4n) is 2.31. The molecule has 0 saturated carbocycles. The fraction of sp³-hybridized carbons (Fsp3) is 0.111. The molecule has 0 aliphatic carbocycles. The molecule has 24 heavy (non-hydrogen) atoms. The van der Waals surface area contributed by atoms with Gasteiger partial charge in [-0.05, 0) is 23.8 Å². The molecule has 1 aromatic heterocycles. The van der Waals surface area contributed by atoms with E-state index in [0.29, 0.717) is 23.6 Å². The molecule has 0 aliphatic rings. The summed E-state index contributed by atoms with van der Waals surface area (Å²) in [5.74, 6) is 6.28. The van der Waals surface area contributed by atoms with Crippen LogP contribution in [-0.4, -0.2) is 17.5 Å². The lowest BCUT2D eigenvalue weighted by molar-refractivity contribution is -0.123. The third-order valence-electron chi connectivity index (χ3n) is 3.52. The SMILES string of the molecule is NNc1ccc2cccc(OCC(=O)NCc3ccccc3)c2n1. The minimum Gasteiger partial charge on any atom is -0.481 e. The average Bonchev–Trinajstić information content (AvgIpc) is 2.65. The number of amides is 1. The van der Waals surface area contributed by atoms with E-state index in [-0.39, 0.29) is 12.5 Å². The highest BCUT2D eigenvalue weighted by Crippen LogP contribution is 2.24. The van der Waals surface area contributed by atoms with Crippen molar-refractivity contribution in [3.8, 4) is 5.75 Å². The molecular formula is C18H18N4O2. The van der Waals surface area contributed by atoms with Crippen LogP contribution in [0.2, 0.25) is 0 Å². The zero-order chi connectivity index (χ0) is 16.8. The zero-order valence-electron chi connectivity index (χ0n) is 13.0. The van der Waals surface area contributed by atoms with Crippen molar-refractivity contribution in [1.82, 2.24) is 10.3 Å². The first-order chi connectivity index (χ1) is 11.8. The molecule has 0 atom stereocenters. The Balaban J connectivity index is 1.63. The van der Waals surface area contributed by atoms with Crippen LogP contribution in [0, 0.1) is 0 Å². The van der Waals surface area contributed by atoms with Gasteiger partial charge in [0.2, 0.25) is 0 Å². The summed E-state index contributed by atoms with van der Waals surface area (Å²) < 4.78 is 5.63. The normalized spacial score (nSPS) is 10.4. The van der Waals surface area contributed by atoms with Crippen LogP contribution in [0.3, 0.4) is 0 Å². The Morgan fingerprint density at radius 2 is 1.88 bits per heavy atom. The van der Waals surface area contributed by atoms with Gasteiger partial charge in [0, 0.05) is 11.9 Å². The number of aromatic nitrogens is 1. The number of nitrogens with zero attached hydrogens (tertiary/aromatic N) is 1. The topological polar surface area (TPSA) is 89.3 Å². The fourth-order valence-corrected chi connectivity index (χ4v) is 2.31. The van der Waals surface area contributed by atoms with Gasteiger partial charge in [0.15, 0.2) is 6.61 Å². The Bertz CT molecular complexity index is 837. The molecule has 122 valence electrons. The summed E-state index contributed by atoms with van der Waals surface area (Å²) in [6.45, 7) is 0.395. The highest BCUT2D eigenvalue weighted by atomic mass is 16.5. The summed E-state index contributed by atoms with van der Waals surface area (Å²) in [5, 5.41) is 3.74. The lowest BCUT2D eigenvalue weighted by atomic mass is 10.2. The van der Waals surface area contributed by atoms with Gasteiger partial charge in [-0.1, -0.05) is 42.5 Å². The first-order valence-electron chi connectivity index (χ1n) is 7.56. The summed E-state index contributed by atoms with van der Waals surface area (Å²) in [6.07, 6.45) is 0. The van der Waals surface area contributed by atoms with Crippen LogP contribution in [-0.2, 0) is 11.3 Å². The Morgan fingerprint density at radius 1 is 1.04 bits per heavy atom. The van der Waals surface area contributed by atoms with E-state index in [1.807, 2.05) is 48.5 Å². The van der Waals surface area contributed by atoms with Crippen molar-refractivity contribution >= 4 is 22.6 Å². The van der Waals surface area contributed by atoms with Gasteiger partial charge in [0.1, 0.15) is 17.1 Å². The van der Waals surface area contributed by atoms with Gasteiger partial charge in [-0.3, -0.25) is 4.79 Å². The van der Waals surface area contributed by atoms with E-state index in [1.54, 1.807) is 12.1 Å². The highest BCUT2D eigenvalue weighted by molar-refractivity contribution is 5.86. The maximum atomic E-state index is 12.0. The van der Waals surface area contributed by atoms with E-state index < -0.39 is 0 Å². The molecule has 0 unspecified atom stereocenters. The number of ether oxygens (including phenoxy) is 1. The third-order valence-corrected chi connectivity index (χ3v) is 3.52. The first-order valence-corrected chi connectivity index (χ1v) is 7.56. The van der Waals surface area contributed by atoms with Gasteiger partial charge in [-0.25, -0.2) is 10.8 Å². The van der Waals surface area contributed by atoms with Crippen LogP contribution in [0.4, 0.5) is 5.82 Å². The number of rotatable bonds is 6. The van der Waals surface area contributed by atoms with Crippen molar-refractivity contribution in [1.29, 1.82) is 0 Å². The second-order valence-electron chi connectivity index (χ2n) is 5.22. The molecule has 3 aromatic rings. The van der Waals surface area contributed by atoms with E-state index >= 15 is 0 Å². The Morgan fingerprint density at radius 3 is 2.67 bits per heavy atom. The number of pyridine rings is 1. The molecule has 1 heterocycles. The number of fused-ring (bicyclic) bond motifs is 1. The minimum absolute atomic E-state index is 0.0755. The molecule has 0 bridgehead atoms. The second-order valence-corrected chi connectivity index (χ2v) is 5.22. The summed E-state index contributed by atoms with van der Waals surface area (Å²) in [7, 11) is 0. The number of para-hydroxylation sites is 1. The standard InChI is InChI=1S/C18H18N4O2/c19-22-16-10-9-14-7-4-8-15(18(14)21-16)24-12-17(23)20-11-13-5-2-1-3-6-13/h1-10H,11-12,19H2,(H,20,23)(H,21,22). The predicted octanol–water partition coefficient (Wildman–Crippen LogP) is 2.22. The molecule has 0 spiro atoms. The maximum absolute atomic E-state index is 12.0.